The van der Waals surface area contributed by atoms with Crippen molar-refractivity contribution in [3.05, 3.63) is 34.6 Å². The Balaban J connectivity index is 2.54. The van der Waals surface area contributed by atoms with E-state index in [-0.39, 0.29) is 13.1 Å². The Kier molecular flexibility index (Phi) is 3.85. The van der Waals surface area contributed by atoms with Crippen LogP contribution in [0.4, 0.5) is 4.39 Å². The van der Waals surface area contributed by atoms with Gasteiger partial charge in [-0.15, -0.1) is 0 Å². The molecule has 0 saturated carbocycles. The zero-order valence-corrected chi connectivity index (χ0v) is 8.01. The van der Waals surface area contributed by atoms with Gasteiger partial charge in [-0.3, -0.25) is 4.79 Å². The largest absolute Gasteiger partial charge is 0.480 e. The molecular formula is C9H9ClFNO2. The number of carboxylic acid groups (broad SMARTS) is 1. The summed E-state index contributed by atoms with van der Waals surface area (Å²) in [5, 5.41) is 11.3. The lowest BCUT2D eigenvalue weighted by Gasteiger charge is -2.02. The highest BCUT2D eigenvalue weighted by Crippen LogP contribution is 2.13. The van der Waals surface area contributed by atoms with Crippen molar-refractivity contribution in [1.82, 2.24) is 5.32 Å². The molecule has 3 nitrogen and oxygen atoms in total. The van der Waals surface area contributed by atoms with Crippen LogP contribution in [0.5, 0.6) is 0 Å². The first-order valence-corrected chi connectivity index (χ1v) is 4.33. The first-order chi connectivity index (χ1) is 6.58. The molecule has 1 aromatic carbocycles. The Bertz CT molecular complexity index is 323. The molecule has 0 aliphatic rings. The molecule has 0 spiro atoms. The van der Waals surface area contributed by atoms with E-state index in [2.05, 4.69) is 5.32 Å². The number of carboxylic acids is 1. The van der Waals surface area contributed by atoms with Gasteiger partial charge >= 0.3 is 5.97 Å². The Morgan fingerprint density at radius 2 is 2.21 bits per heavy atom. The van der Waals surface area contributed by atoms with Crippen molar-refractivity contribution in [2.24, 2.45) is 0 Å². The van der Waals surface area contributed by atoms with Gasteiger partial charge in [0.1, 0.15) is 5.82 Å². The number of carbonyl (C=O) groups is 1. The minimum absolute atomic E-state index is 0.159. The second-order valence-corrected chi connectivity index (χ2v) is 3.21. The predicted octanol–water partition coefficient (Wildman–Crippen LogP) is 1.65. The topological polar surface area (TPSA) is 49.3 Å². The van der Waals surface area contributed by atoms with Crippen LogP contribution in [0, 0.1) is 5.82 Å². The highest BCUT2D eigenvalue weighted by Gasteiger charge is 2.00. The standard InChI is InChI=1S/C9H9ClFNO2/c10-7-1-6(2-8(11)3-7)4-12-5-9(13)14/h1-3,12H,4-5H2,(H,13,14). The van der Waals surface area contributed by atoms with Crippen molar-refractivity contribution in [2.75, 3.05) is 6.54 Å². The smallest absolute Gasteiger partial charge is 0.317 e. The summed E-state index contributed by atoms with van der Waals surface area (Å²) < 4.78 is 12.8. The van der Waals surface area contributed by atoms with E-state index in [0.717, 1.165) is 0 Å². The number of hydrogen-bond acceptors (Lipinski definition) is 2. The molecule has 0 fully saturated rings. The van der Waals surface area contributed by atoms with E-state index >= 15 is 0 Å². The first kappa shape index (κ1) is 10.9. The van der Waals surface area contributed by atoms with Crippen LogP contribution in [0.15, 0.2) is 18.2 Å². The van der Waals surface area contributed by atoms with Gasteiger partial charge in [-0.1, -0.05) is 11.6 Å². The number of benzene rings is 1. The van der Waals surface area contributed by atoms with Crippen LogP contribution in [-0.4, -0.2) is 17.6 Å². The molecule has 5 heteroatoms. The summed E-state index contributed by atoms with van der Waals surface area (Å²) in [7, 11) is 0. The monoisotopic (exact) mass is 217 g/mol. The third-order valence-corrected chi connectivity index (χ3v) is 1.75. The van der Waals surface area contributed by atoms with Crippen LogP contribution in [0.2, 0.25) is 5.02 Å². The van der Waals surface area contributed by atoms with E-state index < -0.39 is 11.8 Å². The summed E-state index contributed by atoms with van der Waals surface area (Å²) in [5.41, 5.74) is 0.622. The molecular weight excluding hydrogens is 209 g/mol. The predicted molar refractivity (Wildman–Crippen MR) is 50.8 cm³/mol. The number of rotatable bonds is 4. The number of nitrogens with one attached hydrogen (secondary N) is 1. The highest BCUT2D eigenvalue weighted by atomic mass is 35.5. The fourth-order valence-electron chi connectivity index (χ4n) is 1.03. The molecule has 0 heterocycles. The molecule has 0 unspecified atom stereocenters. The third-order valence-electron chi connectivity index (χ3n) is 1.53. The lowest BCUT2D eigenvalue weighted by Crippen LogP contribution is -2.21. The number of hydrogen-bond donors (Lipinski definition) is 2. The Labute approximate surface area is 85.5 Å². The molecule has 0 amide bonds. The lowest BCUT2D eigenvalue weighted by molar-refractivity contribution is -0.135. The van der Waals surface area contributed by atoms with Crippen molar-refractivity contribution in [3.63, 3.8) is 0 Å². The van der Waals surface area contributed by atoms with Gasteiger partial charge in [0.25, 0.3) is 0 Å². The Hall–Kier alpha value is -1.13. The summed E-state index contributed by atoms with van der Waals surface area (Å²) in [6.07, 6.45) is 0. The maximum Gasteiger partial charge on any atom is 0.317 e. The van der Waals surface area contributed by atoms with Gasteiger partial charge in [0.15, 0.2) is 0 Å². The summed E-state index contributed by atoms with van der Waals surface area (Å²) in [6, 6.07) is 4.09. The highest BCUT2D eigenvalue weighted by molar-refractivity contribution is 6.30. The second-order valence-electron chi connectivity index (χ2n) is 2.77. The van der Waals surface area contributed by atoms with E-state index in [1.807, 2.05) is 0 Å². The zero-order chi connectivity index (χ0) is 10.6. The van der Waals surface area contributed by atoms with Crippen LogP contribution >= 0.6 is 11.6 Å². The molecule has 1 rings (SSSR count). The van der Waals surface area contributed by atoms with Crippen LogP contribution in [0.25, 0.3) is 0 Å². The van der Waals surface area contributed by atoms with Gasteiger partial charge in [-0.2, -0.15) is 0 Å². The minimum atomic E-state index is -0.951. The summed E-state index contributed by atoms with van der Waals surface area (Å²) >= 11 is 5.61. The van der Waals surface area contributed by atoms with E-state index in [9.17, 15) is 9.18 Å². The van der Waals surface area contributed by atoms with Gasteiger partial charge in [0.2, 0.25) is 0 Å². The fraction of sp³-hybridized carbons (Fsp3) is 0.222. The van der Waals surface area contributed by atoms with Crippen molar-refractivity contribution < 1.29 is 14.3 Å². The van der Waals surface area contributed by atoms with Crippen molar-refractivity contribution in [2.45, 2.75) is 6.54 Å². The molecule has 0 bridgehead atoms. The van der Waals surface area contributed by atoms with Crippen LogP contribution in [0.3, 0.4) is 0 Å². The summed E-state index contributed by atoms with van der Waals surface area (Å²) in [6.45, 7) is 0.123. The molecule has 76 valence electrons. The third kappa shape index (κ3) is 3.72. The summed E-state index contributed by atoms with van der Waals surface area (Å²) in [5.74, 6) is -1.38. The van der Waals surface area contributed by atoms with Crippen LogP contribution < -0.4 is 5.32 Å². The van der Waals surface area contributed by atoms with Gasteiger partial charge in [-0.25, -0.2) is 4.39 Å². The van der Waals surface area contributed by atoms with Gasteiger partial charge in [0.05, 0.1) is 6.54 Å². The molecule has 0 atom stereocenters. The van der Waals surface area contributed by atoms with E-state index in [0.29, 0.717) is 10.6 Å². The first-order valence-electron chi connectivity index (χ1n) is 3.95. The van der Waals surface area contributed by atoms with E-state index in [1.54, 1.807) is 6.07 Å². The molecule has 0 aliphatic carbocycles. The second kappa shape index (κ2) is 4.93. The van der Waals surface area contributed by atoms with Crippen molar-refractivity contribution >= 4 is 17.6 Å². The van der Waals surface area contributed by atoms with E-state index in [4.69, 9.17) is 16.7 Å². The Morgan fingerprint density at radius 3 is 2.79 bits per heavy atom. The SMILES string of the molecule is O=C(O)CNCc1cc(F)cc(Cl)c1. The Morgan fingerprint density at radius 1 is 1.50 bits per heavy atom. The van der Waals surface area contributed by atoms with Crippen molar-refractivity contribution in [3.8, 4) is 0 Å². The summed E-state index contributed by atoms with van der Waals surface area (Å²) in [4.78, 5) is 10.2. The quantitative estimate of drug-likeness (QED) is 0.807. The number of halogens is 2. The van der Waals surface area contributed by atoms with Gasteiger partial charge < -0.3 is 10.4 Å². The molecule has 0 aromatic heterocycles. The molecule has 1 aromatic rings. The van der Waals surface area contributed by atoms with Gasteiger partial charge in [0, 0.05) is 11.6 Å². The van der Waals surface area contributed by atoms with Crippen molar-refractivity contribution in [1.29, 1.82) is 0 Å². The van der Waals surface area contributed by atoms with Gasteiger partial charge in [-0.05, 0) is 23.8 Å². The maximum absolute atomic E-state index is 12.8. The maximum atomic E-state index is 12.8. The average molecular weight is 218 g/mol. The molecule has 0 radical (unpaired) electrons. The lowest BCUT2D eigenvalue weighted by atomic mass is 10.2. The zero-order valence-electron chi connectivity index (χ0n) is 7.26. The van der Waals surface area contributed by atoms with Crippen LogP contribution in [-0.2, 0) is 11.3 Å². The normalized spacial score (nSPS) is 10.1. The van der Waals surface area contributed by atoms with E-state index in [1.165, 1.54) is 12.1 Å². The minimum Gasteiger partial charge on any atom is -0.480 e. The molecule has 2 N–H and O–H groups in total. The number of aliphatic carboxylic acids is 1. The molecule has 14 heavy (non-hydrogen) atoms. The fourth-order valence-corrected chi connectivity index (χ4v) is 1.27. The molecule has 0 saturated heterocycles. The molecule has 0 aliphatic heterocycles. The average Bonchev–Trinajstić information content (AvgIpc) is 2.01. The van der Waals surface area contributed by atoms with Crippen LogP contribution in [0.1, 0.15) is 5.56 Å².